The molecule has 0 unspecified atom stereocenters. The molecule has 0 fully saturated rings. The SMILES string of the molecule is O=C(CN1CCc2ccccc2C1)Nc1ccc(Cl)c(C(F)(F)F)c1. The predicted octanol–water partition coefficient (Wildman–Crippen LogP) is 4.36. The average molecular weight is 369 g/mol. The molecule has 0 radical (unpaired) electrons. The van der Waals surface area contributed by atoms with Crippen LogP contribution in [0.25, 0.3) is 0 Å². The Bertz CT molecular complexity index is 792. The summed E-state index contributed by atoms with van der Waals surface area (Å²) < 4.78 is 38.6. The van der Waals surface area contributed by atoms with Gasteiger partial charge in [0.1, 0.15) is 0 Å². The number of benzene rings is 2. The summed E-state index contributed by atoms with van der Waals surface area (Å²) in [5, 5.41) is 2.12. The number of fused-ring (bicyclic) bond motifs is 1. The van der Waals surface area contributed by atoms with Gasteiger partial charge in [0.05, 0.1) is 17.1 Å². The molecule has 2 aromatic rings. The van der Waals surface area contributed by atoms with Crippen molar-refractivity contribution in [2.45, 2.75) is 19.1 Å². The fourth-order valence-corrected chi connectivity index (χ4v) is 3.14. The van der Waals surface area contributed by atoms with Crippen molar-refractivity contribution in [1.29, 1.82) is 0 Å². The summed E-state index contributed by atoms with van der Waals surface area (Å²) in [4.78, 5) is 14.1. The van der Waals surface area contributed by atoms with Gasteiger partial charge in [-0.25, -0.2) is 0 Å². The van der Waals surface area contributed by atoms with E-state index < -0.39 is 16.8 Å². The fraction of sp³-hybridized carbons (Fsp3) is 0.278. The summed E-state index contributed by atoms with van der Waals surface area (Å²) in [6, 6.07) is 11.4. The van der Waals surface area contributed by atoms with Crippen LogP contribution in [0.3, 0.4) is 0 Å². The molecule has 1 N–H and O–H groups in total. The third-order valence-corrected chi connectivity index (χ3v) is 4.46. The molecule has 0 spiro atoms. The molecule has 3 nitrogen and oxygen atoms in total. The molecule has 1 heterocycles. The van der Waals surface area contributed by atoms with Gasteiger partial charge in [0.2, 0.25) is 5.91 Å². The normalized spacial score (nSPS) is 14.9. The van der Waals surface area contributed by atoms with Crippen LogP contribution in [0.4, 0.5) is 18.9 Å². The van der Waals surface area contributed by atoms with Gasteiger partial charge >= 0.3 is 6.18 Å². The Kier molecular flexibility index (Phi) is 5.01. The first-order valence-corrected chi connectivity index (χ1v) is 8.16. The van der Waals surface area contributed by atoms with Crippen LogP contribution in [-0.2, 0) is 23.9 Å². The zero-order valence-corrected chi connectivity index (χ0v) is 14.0. The summed E-state index contributed by atoms with van der Waals surface area (Å²) in [7, 11) is 0. The van der Waals surface area contributed by atoms with Gasteiger partial charge in [-0.1, -0.05) is 35.9 Å². The molecule has 132 valence electrons. The van der Waals surface area contributed by atoms with Crippen molar-refractivity contribution in [3.63, 3.8) is 0 Å². The summed E-state index contributed by atoms with van der Waals surface area (Å²) in [5.41, 5.74) is 1.57. The number of carbonyl (C=O) groups is 1. The minimum atomic E-state index is -4.56. The van der Waals surface area contributed by atoms with Crippen LogP contribution in [0.1, 0.15) is 16.7 Å². The van der Waals surface area contributed by atoms with E-state index in [0.717, 1.165) is 25.1 Å². The second-order valence-corrected chi connectivity index (χ2v) is 6.38. The van der Waals surface area contributed by atoms with Crippen LogP contribution >= 0.6 is 11.6 Å². The molecule has 0 aromatic heterocycles. The molecule has 0 aliphatic carbocycles. The highest BCUT2D eigenvalue weighted by atomic mass is 35.5. The number of alkyl halides is 3. The highest BCUT2D eigenvalue weighted by molar-refractivity contribution is 6.31. The van der Waals surface area contributed by atoms with E-state index in [-0.39, 0.29) is 18.1 Å². The molecule has 0 saturated heterocycles. The molecule has 1 aliphatic heterocycles. The van der Waals surface area contributed by atoms with Crippen molar-refractivity contribution in [3.8, 4) is 0 Å². The van der Waals surface area contributed by atoms with Gasteiger partial charge < -0.3 is 5.32 Å². The van der Waals surface area contributed by atoms with E-state index in [4.69, 9.17) is 11.6 Å². The number of nitrogens with zero attached hydrogens (tertiary/aromatic N) is 1. The van der Waals surface area contributed by atoms with Crippen molar-refractivity contribution < 1.29 is 18.0 Å². The first-order valence-electron chi connectivity index (χ1n) is 7.78. The van der Waals surface area contributed by atoms with Crippen molar-refractivity contribution in [2.75, 3.05) is 18.4 Å². The van der Waals surface area contributed by atoms with Gasteiger partial charge in [-0.15, -0.1) is 0 Å². The maximum atomic E-state index is 12.9. The lowest BCUT2D eigenvalue weighted by atomic mass is 10.00. The average Bonchev–Trinajstić information content (AvgIpc) is 2.55. The van der Waals surface area contributed by atoms with Crippen LogP contribution in [0.2, 0.25) is 5.02 Å². The Hall–Kier alpha value is -2.05. The first kappa shape index (κ1) is 17.8. The van der Waals surface area contributed by atoms with Crippen molar-refractivity contribution >= 4 is 23.2 Å². The number of anilines is 1. The molecule has 0 saturated carbocycles. The first-order chi connectivity index (χ1) is 11.8. The number of amides is 1. The summed E-state index contributed by atoms with van der Waals surface area (Å²) in [6.45, 7) is 1.51. The van der Waals surface area contributed by atoms with Crippen molar-refractivity contribution in [2.24, 2.45) is 0 Å². The third-order valence-electron chi connectivity index (χ3n) is 4.13. The second kappa shape index (κ2) is 7.06. The Labute approximate surface area is 148 Å². The van der Waals surface area contributed by atoms with Gasteiger partial charge in [0, 0.05) is 18.8 Å². The maximum absolute atomic E-state index is 12.9. The molecule has 1 aliphatic rings. The van der Waals surface area contributed by atoms with Crippen LogP contribution in [0.5, 0.6) is 0 Å². The van der Waals surface area contributed by atoms with E-state index in [1.165, 1.54) is 17.2 Å². The van der Waals surface area contributed by atoms with Crippen molar-refractivity contribution in [1.82, 2.24) is 4.90 Å². The van der Waals surface area contributed by atoms with Crippen molar-refractivity contribution in [3.05, 3.63) is 64.2 Å². The summed E-state index contributed by atoms with van der Waals surface area (Å²) >= 11 is 5.58. The highest BCUT2D eigenvalue weighted by Crippen LogP contribution is 2.36. The molecule has 25 heavy (non-hydrogen) atoms. The molecule has 0 atom stereocenters. The minimum absolute atomic E-state index is 0.0825. The third kappa shape index (κ3) is 4.32. The van der Waals surface area contributed by atoms with E-state index in [1.54, 1.807) is 0 Å². The Morgan fingerprint density at radius 2 is 1.88 bits per heavy atom. The molecule has 0 bridgehead atoms. The topological polar surface area (TPSA) is 32.3 Å². The van der Waals surface area contributed by atoms with Crippen LogP contribution in [0.15, 0.2) is 42.5 Å². The largest absolute Gasteiger partial charge is 0.417 e. The quantitative estimate of drug-likeness (QED) is 0.873. The van der Waals surface area contributed by atoms with Crippen LogP contribution in [0, 0.1) is 0 Å². The van der Waals surface area contributed by atoms with Gasteiger partial charge in [0.15, 0.2) is 0 Å². The smallest absolute Gasteiger partial charge is 0.325 e. The molecule has 3 rings (SSSR count). The Morgan fingerprint density at radius 1 is 1.16 bits per heavy atom. The number of nitrogens with one attached hydrogen (secondary N) is 1. The lowest BCUT2D eigenvalue weighted by Gasteiger charge is -2.28. The number of hydrogen-bond donors (Lipinski definition) is 1. The van der Waals surface area contributed by atoms with Gasteiger partial charge in [-0.2, -0.15) is 13.2 Å². The number of hydrogen-bond acceptors (Lipinski definition) is 2. The fourth-order valence-electron chi connectivity index (χ4n) is 2.91. The molecule has 7 heteroatoms. The van der Waals surface area contributed by atoms with Crippen LogP contribution < -0.4 is 5.32 Å². The zero-order chi connectivity index (χ0) is 18.0. The minimum Gasteiger partial charge on any atom is -0.325 e. The van der Waals surface area contributed by atoms with Gasteiger partial charge in [-0.05, 0) is 35.7 Å². The van der Waals surface area contributed by atoms with E-state index in [9.17, 15) is 18.0 Å². The maximum Gasteiger partial charge on any atom is 0.417 e. The van der Waals surface area contributed by atoms with Gasteiger partial charge in [-0.3, -0.25) is 9.69 Å². The lowest BCUT2D eigenvalue weighted by Crippen LogP contribution is -2.37. The summed E-state index contributed by atoms with van der Waals surface area (Å²) in [6.07, 6.45) is -3.71. The molecule has 1 amide bonds. The molecular formula is C18H16ClF3N2O. The second-order valence-electron chi connectivity index (χ2n) is 5.97. The highest BCUT2D eigenvalue weighted by Gasteiger charge is 2.33. The molecular weight excluding hydrogens is 353 g/mol. The Morgan fingerprint density at radius 3 is 2.60 bits per heavy atom. The lowest BCUT2D eigenvalue weighted by molar-refractivity contribution is -0.137. The zero-order valence-electron chi connectivity index (χ0n) is 13.2. The summed E-state index contributed by atoms with van der Waals surface area (Å²) in [5.74, 6) is -0.352. The van der Waals surface area contributed by atoms with Gasteiger partial charge in [0.25, 0.3) is 0 Å². The number of rotatable bonds is 3. The van der Waals surface area contributed by atoms with E-state index in [2.05, 4.69) is 11.4 Å². The standard InChI is InChI=1S/C18H16ClF3N2O/c19-16-6-5-14(9-15(16)18(20,21)22)23-17(25)11-24-8-7-12-3-1-2-4-13(12)10-24/h1-6,9H,7-8,10-11H2,(H,23,25). The van der Waals surface area contributed by atoms with E-state index in [0.29, 0.717) is 6.54 Å². The predicted molar refractivity (Wildman–Crippen MR) is 90.5 cm³/mol. The van der Waals surface area contributed by atoms with E-state index >= 15 is 0 Å². The van der Waals surface area contributed by atoms with Crippen LogP contribution in [-0.4, -0.2) is 23.9 Å². The molecule has 2 aromatic carbocycles. The number of carbonyl (C=O) groups excluding carboxylic acids is 1. The Balaban J connectivity index is 1.64. The monoisotopic (exact) mass is 368 g/mol. The number of halogens is 4. The van der Waals surface area contributed by atoms with E-state index in [1.807, 2.05) is 23.1 Å².